The number of para-hydroxylation sites is 1. The Morgan fingerprint density at radius 1 is 1.00 bits per heavy atom. The van der Waals surface area contributed by atoms with Gasteiger partial charge in [0.1, 0.15) is 5.75 Å². The monoisotopic (exact) mass is 270 g/mol. The van der Waals surface area contributed by atoms with E-state index >= 15 is 0 Å². The average molecular weight is 270 g/mol. The summed E-state index contributed by atoms with van der Waals surface area (Å²) in [6.45, 7) is 0. The average Bonchev–Trinajstić information content (AvgIpc) is 2.47. The van der Waals surface area contributed by atoms with E-state index in [1.165, 1.54) is 7.11 Å². The fourth-order valence-corrected chi connectivity index (χ4v) is 1.69. The van der Waals surface area contributed by atoms with E-state index in [1.807, 2.05) is 0 Å². The highest BCUT2D eigenvalue weighted by Gasteiger charge is 2.14. The summed E-state index contributed by atoms with van der Waals surface area (Å²) < 4.78 is 5.00. The van der Waals surface area contributed by atoms with Crippen LogP contribution in [-0.2, 0) is 0 Å². The lowest BCUT2D eigenvalue weighted by Gasteiger charge is -2.07. The van der Waals surface area contributed by atoms with Crippen molar-refractivity contribution in [2.45, 2.75) is 0 Å². The largest absolute Gasteiger partial charge is 0.497 e. The van der Waals surface area contributed by atoms with Crippen molar-refractivity contribution in [3.05, 3.63) is 59.7 Å². The normalized spacial score (nSPS) is 9.85. The van der Waals surface area contributed by atoms with Crippen LogP contribution >= 0.6 is 0 Å². The lowest BCUT2D eigenvalue weighted by molar-refractivity contribution is 0.0850. The molecule has 0 spiro atoms. The number of rotatable bonds is 3. The minimum absolute atomic E-state index is 0.273. The van der Waals surface area contributed by atoms with Gasteiger partial charge in [-0.25, -0.2) is 0 Å². The van der Waals surface area contributed by atoms with Gasteiger partial charge in [0.15, 0.2) is 0 Å². The van der Waals surface area contributed by atoms with Crippen LogP contribution in [0.3, 0.4) is 0 Å². The molecule has 0 heterocycles. The number of benzene rings is 2. The van der Waals surface area contributed by atoms with E-state index in [0.29, 0.717) is 17.0 Å². The van der Waals surface area contributed by atoms with Gasteiger partial charge in [-0.1, -0.05) is 12.1 Å². The topological polar surface area (TPSA) is 81.4 Å². The summed E-state index contributed by atoms with van der Waals surface area (Å²) in [4.78, 5) is 23.9. The van der Waals surface area contributed by atoms with Gasteiger partial charge in [-0.05, 0) is 36.4 Å². The third kappa shape index (κ3) is 2.95. The Morgan fingerprint density at radius 3 is 2.25 bits per heavy atom. The molecule has 0 saturated carbocycles. The smallest absolute Gasteiger partial charge is 0.260 e. The molecule has 5 nitrogen and oxygen atoms in total. The van der Waals surface area contributed by atoms with Crippen LogP contribution in [0.15, 0.2) is 48.5 Å². The zero-order chi connectivity index (χ0) is 14.5. The Hall–Kier alpha value is -2.82. The van der Waals surface area contributed by atoms with Gasteiger partial charge >= 0.3 is 0 Å². The SMILES string of the molecule is COc1ccc(C(=O)NC(=O)c2ccccc2N)cc1. The molecule has 0 aliphatic rings. The predicted molar refractivity (Wildman–Crippen MR) is 75.6 cm³/mol. The van der Waals surface area contributed by atoms with E-state index in [1.54, 1.807) is 48.5 Å². The van der Waals surface area contributed by atoms with Crippen molar-refractivity contribution in [2.24, 2.45) is 0 Å². The molecule has 2 aromatic rings. The van der Waals surface area contributed by atoms with Crippen LogP contribution in [0.4, 0.5) is 5.69 Å². The molecule has 20 heavy (non-hydrogen) atoms. The number of anilines is 1. The summed E-state index contributed by atoms with van der Waals surface area (Å²) in [6, 6.07) is 13.0. The third-order valence-electron chi connectivity index (χ3n) is 2.78. The minimum atomic E-state index is -0.524. The molecular weight excluding hydrogens is 256 g/mol. The van der Waals surface area contributed by atoms with Gasteiger partial charge < -0.3 is 10.5 Å². The lowest BCUT2D eigenvalue weighted by Crippen LogP contribution is -2.30. The first-order valence-electron chi connectivity index (χ1n) is 5.96. The maximum atomic E-state index is 11.9. The molecule has 102 valence electrons. The summed E-state index contributed by atoms with van der Waals surface area (Å²) in [5.41, 5.74) is 6.65. The van der Waals surface area contributed by atoms with Crippen LogP contribution in [0.2, 0.25) is 0 Å². The molecule has 2 rings (SSSR count). The summed E-state index contributed by atoms with van der Waals surface area (Å²) in [6.07, 6.45) is 0. The van der Waals surface area contributed by atoms with E-state index in [9.17, 15) is 9.59 Å². The number of carbonyl (C=O) groups is 2. The number of hydrogen-bond acceptors (Lipinski definition) is 4. The van der Waals surface area contributed by atoms with E-state index in [-0.39, 0.29) is 5.56 Å². The first kappa shape index (κ1) is 13.6. The van der Waals surface area contributed by atoms with Gasteiger partial charge in [0, 0.05) is 11.3 Å². The number of nitrogens with one attached hydrogen (secondary N) is 1. The Morgan fingerprint density at radius 2 is 1.65 bits per heavy atom. The van der Waals surface area contributed by atoms with Crippen LogP contribution in [0, 0.1) is 0 Å². The van der Waals surface area contributed by atoms with E-state index in [4.69, 9.17) is 10.5 Å². The van der Waals surface area contributed by atoms with E-state index < -0.39 is 11.8 Å². The summed E-state index contributed by atoms with van der Waals surface area (Å²) in [7, 11) is 1.54. The molecule has 0 fully saturated rings. The van der Waals surface area contributed by atoms with Crippen molar-refractivity contribution in [1.82, 2.24) is 5.32 Å². The molecule has 2 amide bonds. The molecular formula is C15H14N2O3. The number of amides is 2. The lowest BCUT2D eigenvalue weighted by atomic mass is 10.1. The fourth-order valence-electron chi connectivity index (χ4n) is 1.69. The standard InChI is InChI=1S/C15H14N2O3/c1-20-11-8-6-10(7-9-11)14(18)17-15(19)12-4-2-3-5-13(12)16/h2-9H,16H2,1H3,(H,17,18,19). The van der Waals surface area contributed by atoms with Gasteiger partial charge in [-0.2, -0.15) is 0 Å². The second-order valence-electron chi connectivity index (χ2n) is 4.10. The number of ether oxygens (including phenoxy) is 1. The van der Waals surface area contributed by atoms with Crippen LogP contribution in [0.5, 0.6) is 5.75 Å². The van der Waals surface area contributed by atoms with Crippen LogP contribution in [-0.4, -0.2) is 18.9 Å². The molecule has 0 bridgehead atoms. The summed E-state index contributed by atoms with van der Waals surface area (Å²) >= 11 is 0. The first-order chi connectivity index (χ1) is 9.61. The number of carbonyl (C=O) groups excluding carboxylic acids is 2. The minimum Gasteiger partial charge on any atom is -0.497 e. The third-order valence-corrected chi connectivity index (χ3v) is 2.78. The number of methoxy groups -OCH3 is 1. The first-order valence-corrected chi connectivity index (χ1v) is 5.96. The highest BCUT2D eigenvalue weighted by Crippen LogP contribution is 2.13. The van der Waals surface area contributed by atoms with Crippen molar-refractivity contribution in [1.29, 1.82) is 0 Å². The Kier molecular flexibility index (Phi) is 4.00. The highest BCUT2D eigenvalue weighted by molar-refractivity contribution is 6.12. The molecule has 0 aromatic heterocycles. The predicted octanol–water partition coefficient (Wildman–Crippen LogP) is 1.85. The van der Waals surface area contributed by atoms with Crippen molar-refractivity contribution in [2.75, 3.05) is 12.8 Å². The summed E-state index contributed by atoms with van der Waals surface area (Å²) in [5.74, 6) is -0.370. The van der Waals surface area contributed by atoms with Crippen LogP contribution in [0.25, 0.3) is 0 Å². The number of nitrogen functional groups attached to an aromatic ring is 1. The molecule has 5 heteroatoms. The van der Waals surface area contributed by atoms with Crippen molar-refractivity contribution < 1.29 is 14.3 Å². The molecule has 0 aliphatic carbocycles. The van der Waals surface area contributed by atoms with Gasteiger partial charge in [-0.3, -0.25) is 14.9 Å². The molecule has 0 aliphatic heterocycles. The van der Waals surface area contributed by atoms with Crippen molar-refractivity contribution in [3.63, 3.8) is 0 Å². The Bertz CT molecular complexity index is 636. The van der Waals surface area contributed by atoms with Gasteiger partial charge in [0.05, 0.1) is 12.7 Å². The van der Waals surface area contributed by atoms with Gasteiger partial charge in [0.25, 0.3) is 11.8 Å². The molecule has 3 N–H and O–H groups in total. The zero-order valence-corrected chi connectivity index (χ0v) is 10.9. The summed E-state index contributed by atoms with van der Waals surface area (Å²) in [5, 5.41) is 2.29. The van der Waals surface area contributed by atoms with E-state index in [2.05, 4.69) is 5.32 Å². The zero-order valence-electron chi connectivity index (χ0n) is 10.9. The molecule has 0 unspecified atom stereocenters. The maximum absolute atomic E-state index is 11.9. The maximum Gasteiger partial charge on any atom is 0.260 e. The van der Waals surface area contributed by atoms with Gasteiger partial charge in [0.2, 0.25) is 0 Å². The number of imide groups is 1. The number of nitrogens with two attached hydrogens (primary N) is 1. The van der Waals surface area contributed by atoms with Crippen LogP contribution < -0.4 is 15.8 Å². The number of hydrogen-bond donors (Lipinski definition) is 2. The fraction of sp³-hybridized carbons (Fsp3) is 0.0667. The highest BCUT2D eigenvalue weighted by atomic mass is 16.5. The molecule has 0 saturated heterocycles. The second-order valence-corrected chi connectivity index (χ2v) is 4.10. The quantitative estimate of drug-likeness (QED) is 0.658. The molecule has 0 atom stereocenters. The Labute approximate surface area is 116 Å². The molecule has 0 radical (unpaired) electrons. The molecule has 2 aromatic carbocycles. The second kappa shape index (κ2) is 5.88. The Balaban J connectivity index is 2.11. The van der Waals surface area contributed by atoms with Crippen molar-refractivity contribution in [3.8, 4) is 5.75 Å². The van der Waals surface area contributed by atoms with Crippen molar-refractivity contribution >= 4 is 17.5 Å². The van der Waals surface area contributed by atoms with Gasteiger partial charge in [-0.15, -0.1) is 0 Å². The van der Waals surface area contributed by atoms with Crippen LogP contribution in [0.1, 0.15) is 20.7 Å². The van der Waals surface area contributed by atoms with E-state index in [0.717, 1.165) is 0 Å².